The van der Waals surface area contributed by atoms with Gasteiger partial charge in [0.15, 0.2) is 0 Å². The maximum absolute atomic E-state index is 5.44. The zero-order valence-corrected chi connectivity index (χ0v) is 9.58. The summed E-state index contributed by atoms with van der Waals surface area (Å²) in [4.78, 5) is 0. The van der Waals surface area contributed by atoms with Gasteiger partial charge < -0.3 is 13.3 Å². The lowest BCUT2D eigenvalue weighted by molar-refractivity contribution is 0.0844. The Hall–Kier alpha value is -0.203. The molecule has 0 spiro atoms. The second kappa shape index (κ2) is 8.40. The molecular weight excluding hydrogens is 188 g/mol. The van der Waals surface area contributed by atoms with Gasteiger partial charge in [0.05, 0.1) is 0 Å². The van der Waals surface area contributed by atoms with Gasteiger partial charge in [0.1, 0.15) is 0 Å². The van der Waals surface area contributed by atoms with Crippen LogP contribution in [0.5, 0.6) is 0 Å². The van der Waals surface area contributed by atoms with Crippen molar-refractivity contribution in [2.75, 3.05) is 19.8 Å². The van der Waals surface area contributed by atoms with Crippen molar-refractivity contribution in [1.82, 2.24) is 0 Å². The number of rotatable bonds is 7. The monoisotopic (exact) mass is 207 g/mol. The highest BCUT2D eigenvalue weighted by Crippen LogP contribution is 2.10. The van der Waals surface area contributed by atoms with E-state index in [0.717, 1.165) is 0 Å². The van der Waals surface area contributed by atoms with Crippen LogP contribution in [0.2, 0.25) is 0 Å². The third kappa shape index (κ3) is 5.17. The summed E-state index contributed by atoms with van der Waals surface area (Å²) in [6.07, 6.45) is 0. The lowest BCUT2D eigenvalue weighted by atomic mass is 10.9. The molecule has 1 radical (unpaired) electrons. The van der Waals surface area contributed by atoms with Gasteiger partial charge in [-0.2, -0.15) is 0 Å². The largest absolute Gasteiger partial charge is 0.528 e. The number of hydrogen-bond acceptors (Lipinski definition) is 3. The van der Waals surface area contributed by atoms with E-state index in [4.69, 9.17) is 13.3 Å². The van der Waals surface area contributed by atoms with Crippen LogP contribution < -0.4 is 0 Å². The van der Waals surface area contributed by atoms with Gasteiger partial charge in [-0.05, 0) is 26.5 Å². The first-order valence-electron chi connectivity index (χ1n) is 4.30. The van der Waals surface area contributed by atoms with E-state index < -0.39 is 8.80 Å². The third-order valence-corrected chi connectivity index (χ3v) is 3.86. The van der Waals surface area contributed by atoms with Gasteiger partial charge in [-0.15, -0.1) is 0 Å². The molecule has 0 aromatic carbocycles. The molecule has 0 bridgehead atoms. The van der Waals surface area contributed by atoms with Gasteiger partial charge in [0.25, 0.3) is 0 Å². The molecule has 0 fully saturated rings. The summed E-state index contributed by atoms with van der Waals surface area (Å²) in [5.41, 5.74) is 1.67. The summed E-state index contributed by atoms with van der Waals surface area (Å²) in [5, 5.41) is 0. The van der Waals surface area contributed by atoms with Crippen molar-refractivity contribution >= 4 is 8.80 Å². The molecule has 0 atom stereocenters. The predicted molar refractivity (Wildman–Crippen MR) is 52.8 cm³/mol. The van der Waals surface area contributed by atoms with Crippen LogP contribution in [0.3, 0.4) is 0 Å². The minimum absolute atomic E-state index is 0. The molecule has 0 amide bonds. The van der Waals surface area contributed by atoms with E-state index in [2.05, 4.69) is 6.58 Å². The molecular formula is C8H19O4Si. The molecule has 0 aromatic heterocycles. The molecule has 13 heavy (non-hydrogen) atoms. The van der Waals surface area contributed by atoms with Crippen molar-refractivity contribution in [2.24, 2.45) is 0 Å². The zero-order chi connectivity index (χ0) is 9.45. The first kappa shape index (κ1) is 15.3. The van der Waals surface area contributed by atoms with E-state index in [1.54, 1.807) is 5.70 Å². The molecule has 0 rings (SSSR count). The van der Waals surface area contributed by atoms with E-state index in [-0.39, 0.29) is 5.48 Å². The van der Waals surface area contributed by atoms with Gasteiger partial charge in [0.2, 0.25) is 0 Å². The maximum atomic E-state index is 5.44. The average molecular weight is 207 g/mol. The molecule has 0 saturated carbocycles. The van der Waals surface area contributed by atoms with E-state index in [9.17, 15) is 0 Å². The predicted octanol–water partition coefficient (Wildman–Crippen LogP) is 1.58. The van der Waals surface area contributed by atoms with Crippen LogP contribution in [0.1, 0.15) is 20.8 Å². The standard InChI is InChI=1S/C8H18O3Si.HO/c1-5-9-12(8-4,10-6-2)11-7-3;/h8H,4-7H2,1-3H3;1H. The van der Waals surface area contributed by atoms with Gasteiger partial charge in [0, 0.05) is 19.8 Å². The van der Waals surface area contributed by atoms with Crippen molar-refractivity contribution in [1.29, 1.82) is 0 Å². The van der Waals surface area contributed by atoms with Crippen molar-refractivity contribution in [2.45, 2.75) is 20.8 Å². The van der Waals surface area contributed by atoms with Crippen LogP contribution in [-0.2, 0) is 13.3 Å². The summed E-state index contributed by atoms with van der Waals surface area (Å²) in [6.45, 7) is 11.2. The smallest absolute Gasteiger partial charge is 0.371 e. The maximum Gasteiger partial charge on any atom is 0.528 e. The fraction of sp³-hybridized carbons (Fsp3) is 0.750. The Morgan fingerprint density at radius 2 is 1.31 bits per heavy atom. The van der Waals surface area contributed by atoms with Crippen LogP contribution in [0.4, 0.5) is 0 Å². The quantitative estimate of drug-likeness (QED) is 0.645. The first-order chi connectivity index (χ1) is 5.74. The highest BCUT2D eigenvalue weighted by molar-refractivity contribution is 6.66. The molecule has 0 unspecified atom stereocenters. The fourth-order valence-electron chi connectivity index (χ4n) is 0.905. The minimum Gasteiger partial charge on any atom is -0.371 e. The second-order valence-corrected chi connectivity index (χ2v) is 4.59. The Kier molecular flexibility index (Phi) is 9.87. The van der Waals surface area contributed by atoms with Gasteiger partial charge in [-0.3, -0.25) is 5.48 Å². The zero-order valence-electron chi connectivity index (χ0n) is 8.58. The van der Waals surface area contributed by atoms with E-state index >= 15 is 0 Å². The van der Waals surface area contributed by atoms with Gasteiger partial charge in [-0.25, -0.2) is 0 Å². The van der Waals surface area contributed by atoms with Crippen molar-refractivity contribution in [3.63, 3.8) is 0 Å². The molecule has 4 nitrogen and oxygen atoms in total. The van der Waals surface area contributed by atoms with Crippen LogP contribution >= 0.6 is 0 Å². The van der Waals surface area contributed by atoms with Crippen LogP contribution in [0, 0.1) is 0 Å². The van der Waals surface area contributed by atoms with Crippen LogP contribution in [0.25, 0.3) is 0 Å². The Balaban J connectivity index is 0. The first-order valence-corrected chi connectivity index (χ1v) is 6.10. The summed E-state index contributed by atoms with van der Waals surface area (Å²) >= 11 is 0. The lowest BCUT2D eigenvalue weighted by Gasteiger charge is -2.24. The Morgan fingerprint density at radius 3 is 1.46 bits per heavy atom. The molecule has 5 heteroatoms. The second-order valence-electron chi connectivity index (χ2n) is 2.11. The lowest BCUT2D eigenvalue weighted by Crippen LogP contribution is -2.44. The SMILES string of the molecule is C=C[Si](OCC)(OCC)OCC.[OH]. The van der Waals surface area contributed by atoms with Crippen molar-refractivity contribution in [3.8, 4) is 0 Å². The van der Waals surface area contributed by atoms with Gasteiger partial charge in [-0.1, -0.05) is 6.58 Å². The molecule has 0 aromatic rings. The van der Waals surface area contributed by atoms with Gasteiger partial charge >= 0.3 is 8.80 Å². The normalized spacial score (nSPS) is 10.7. The summed E-state index contributed by atoms with van der Waals surface area (Å²) < 4.78 is 16.3. The topological polar surface area (TPSA) is 57.7 Å². The molecule has 79 valence electrons. The number of hydrogen-bond donors (Lipinski definition) is 1. The summed E-state index contributed by atoms with van der Waals surface area (Å²) in [7, 11) is -2.51. The Morgan fingerprint density at radius 1 is 1.00 bits per heavy atom. The molecule has 0 aliphatic carbocycles. The molecule has 0 saturated heterocycles. The molecule has 0 aliphatic rings. The Bertz CT molecular complexity index is 112. The van der Waals surface area contributed by atoms with E-state index in [0.29, 0.717) is 19.8 Å². The highest BCUT2D eigenvalue weighted by atomic mass is 28.4. The molecule has 0 aliphatic heterocycles. The average Bonchev–Trinajstić information content (AvgIpc) is 2.06. The minimum atomic E-state index is -2.51. The van der Waals surface area contributed by atoms with E-state index in [1.165, 1.54) is 0 Å². The molecule has 1 N–H and O–H groups in total. The van der Waals surface area contributed by atoms with E-state index in [1.807, 2.05) is 20.8 Å². The van der Waals surface area contributed by atoms with Crippen molar-refractivity contribution < 1.29 is 18.8 Å². The summed E-state index contributed by atoms with van der Waals surface area (Å²) in [5.74, 6) is 0. The third-order valence-electron chi connectivity index (χ3n) is 1.29. The highest BCUT2D eigenvalue weighted by Gasteiger charge is 2.36. The van der Waals surface area contributed by atoms with Crippen LogP contribution in [0.15, 0.2) is 12.3 Å². The van der Waals surface area contributed by atoms with Crippen molar-refractivity contribution in [3.05, 3.63) is 12.3 Å². The Labute approximate surface area is 81.2 Å². The summed E-state index contributed by atoms with van der Waals surface area (Å²) in [6, 6.07) is 0. The van der Waals surface area contributed by atoms with Crippen LogP contribution in [-0.4, -0.2) is 34.1 Å². The fourth-order valence-corrected chi connectivity index (χ4v) is 2.72. The molecule has 0 heterocycles.